The summed E-state index contributed by atoms with van der Waals surface area (Å²) < 4.78 is 5.14. The summed E-state index contributed by atoms with van der Waals surface area (Å²) in [7, 11) is 1.66. The molecule has 4 heteroatoms. The van der Waals surface area contributed by atoms with Crippen LogP contribution < -0.4 is 5.32 Å². The average molecular weight is 265 g/mol. The van der Waals surface area contributed by atoms with E-state index in [1.807, 2.05) is 38.1 Å². The number of hydrogen-bond acceptors (Lipinski definition) is 3. The Morgan fingerprint density at radius 3 is 2.47 bits per heavy atom. The SMILES string of the molecule is COCc1ccccc1CNC(CC(C)C)C(=O)O. The Kier molecular flexibility index (Phi) is 6.53. The lowest BCUT2D eigenvalue weighted by molar-refractivity contribution is -0.140. The Morgan fingerprint density at radius 1 is 1.32 bits per heavy atom. The van der Waals surface area contributed by atoms with Crippen molar-refractivity contribution in [2.24, 2.45) is 5.92 Å². The van der Waals surface area contributed by atoms with Crippen LogP contribution >= 0.6 is 0 Å². The molecule has 1 rings (SSSR count). The van der Waals surface area contributed by atoms with Crippen LogP contribution in [-0.2, 0) is 22.7 Å². The Hall–Kier alpha value is -1.39. The van der Waals surface area contributed by atoms with Crippen molar-refractivity contribution in [1.82, 2.24) is 5.32 Å². The van der Waals surface area contributed by atoms with Crippen LogP contribution in [0.2, 0.25) is 0 Å². The summed E-state index contributed by atoms with van der Waals surface area (Å²) in [5.41, 5.74) is 2.17. The van der Waals surface area contributed by atoms with Gasteiger partial charge < -0.3 is 15.2 Å². The Labute approximate surface area is 114 Å². The standard InChI is InChI=1S/C15H23NO3/c1-11(2)8-14(15(17)18)16-9-12-6-4-5-7-13(12)10-19-3/h4-7,11,14,16H,8-10H2,1-3H3,(H,17,18). The van der Waals surface area contributed by atoms with Crippen molar-refractivity contribution < 1.29 is 14.6 Å². The Bertz CT molecular complexity index is 404. The highest BCUT2D eigenvalue weighted by molar-refractivity contribution is 5.73. The summed E-state index contributed by atoms with van der Waals surface area (Å²) in [6.45, 7) is 5.13. The van der Waals surface area contributed by atoms with E-state index < -0.39 is 12.0 Å². The molecular formula is C15H23NO3. The van der Waals surface area contributed by atoms with Crippen molar-refractivity contribution >= 4 is 5.97 Å². The molecule has 0 amide bonds. The molecular weight excluding hydrogens is 242 g/mol. The number of carboxylic acids is 1. The van der Waals surface area contributed by atoms with Gasteiger partial charge in [-0.1, -0.05) is 38.1 Å². The second-order valence-electron chi connectivity index (χ2n) is 5.10. The fraction of sp³-hybridized carbons (Fsp3) is 0.533. The largest absolute Gasteiger partial charge is 0.480 e. The van der Waals surface area contributed by atoms with E-state index in [0.29, 0.717) is 25.5 Å². The molecule has 0 heterocycles. The van der Waals surface area contributed by atoms with Gasteiger partial charge in [0.15, 0.2) is 0 Å². The summed E-state index contributed by atoms with van der Waals surface area (Å²) in [5, 5.41) is 12.3. The van der Waals surface area contributed by atoms with E-state index in [0.717, 1.165) is 11.1 Å². The molecule has 1 atom stereocenters. The highest BCUT2D eigenvalue weighted by Gasteiger charge is 2.18. The molecule has 0 spiro atoms. The van der Waals surface area contributed by atoms with Gasteiger partial charge in [-0.2, -0.15) is 0 Å². The first-order valence-corrected chi connectivity index (χ1v) is 6.56. The van der Waals surface area contributed by atoms with Crippen molar-refractivity contribution in [3.05, 3.63) is 35.4 Å². The first-order valence-electron chi connectivity index (χ1n) is 6.56. The summed E-state index contributed by atoms with van der Waals surface area (Å²) >= 11 is 0. The van der Waals surface area contributed by atoms with Crippen LogP contribution in [0.15, 0.2) is 24.3 Å². The first-order chi connectivity index (χ1) is 9.04. The minimum Gasteiger partial charge on any atom is -0.480 e. The van der Waals surface area contributed by atoms with Gasteiger partial charge in [-0.05, 0) is 23.5 Å². The summed E-state index contributed by atoms with van der Waals surface area (Å²) in [5.74, 6) is -0.444. The molecule has 0 aliphatic rings. The second-order valence-corrected chi connectivity index (χ2v) is 5.10. The molecule has 1 aromatic rings. The normalized spacial score (nSPS) is 12.6. The molecule has 4 nitrogen and oxygen atoms in total. The van der Waals surface area contributed by atoms with E-state index in [1.165, 1.54) is 0 Å². The van der Waals surface area contributed by atoms with Crippen molar-refractivity contribution in [2.45, 2.75) is 39.5 Å². The summed E-state index contributed by atoms with van der Waals surface area (Å²) in [6, 6.07) is 7.40. The molecule has 0 saturated carbocycles. The third kappa shape index (κ3) is 5.41. The van der Waals surface area contributed by atoms with Crippen molar-refractivity contribution in [3.8, 4) is 0 Å². The van der Waals surface area contributed by atoms with Gasteiger partial charge in [-0.3, -0.25) is 4.79 Å². The van der Waals surface area contributed by atoms with Crippen molar-refractivity contribution in [3.63, 3.8) is 0 Å². The topological polar surface area (TPSA) is 58.6 Å². The van der Waals surface area contributed by atoms with Gasteiger partial charge in [-0.15, -0.1) is 0 Å². The van der Waals surface area contributed by atoms with Crippen LogP contribution in [0.5, 0.6) is 0 Å². The molecule has 0 aromatic heterocycles. The number of nitrogens with one attached hydrogen (secondary N) is 1. The molecule has 2 N–H and O–H groups in total. The van der Waals surface area contributed by atoms with Gasteiger partial charge in [0.05, 0.1) is 6.61 Å². The van der Waals surface area contributed by atoms with Crippen molar-refractivity contribution in [1.29, 1.82) is 0 Å². The van der Waals surface area contributed by atoms with E-state index in [9.17, 15) is 9.90 Å². The van der Waals surface area contributed by atoms with E-state index in [4.69, 9.17) is 4.74 Å². The Balaban J connectivity index is 2.65. The van der Waals surface area contributed by atoms with Gasteiger partial charge >= 0.3 is 5.97 Å². The minimum atomic E-state index is -0.794. The second kappa shape index (κ2) is 7.92. The third-order valence-electron chi connectivity index (χ3n) is 2.96. The predicted octanol–water partition coefficient (Wildman–Crippen LogP) is 2.42. The summed E-state index contributed by atoms with van der Waals surface area (Å²) in [4.78, 5) is 11.2. The molecule has 1 aromatic carbocycles. The number of ether oxygens (including phenoxy) is 1. The Morgan fingerprint density at radius 2 is 1.95 bits per heavy atom. The molecule has 106 valence electrons. The average Bonchev–Trinajstić information content (AvgIpc) is 2.35. The van der Waals surface area contributed by atoms with Crippen LogP contribution in [0.3, 0.4) is 0 Å². The molecule has 0 saturated heterocycles. The van der Waals surface area contributed by atoms with E-state index >= 15 is 0 Å². The molecule has 0 fully saturated rings. The maximum atomic E-state index is 11.2. The molecule has 1 unspecified atom stereocenters. The fourth-order valence-electron chi connectivity index (χ4n) is 2.00. The first kappa shape index (κ1) is 15.7. The predicted molar refractivity (Wildman–Crippen MR) is 74.9 cm³/mol. The molecule has 19 heavy (non-hydrogen) atoms. The molecule has 0 aliphatic carbocycles. The van der Waals surface area contributed by atoms with Gasteiger partial charge in [0.2, 0.25) is 0 Å². The van der Waals surface area contributed by atoms with Crippen LogP contribution in [0, 0.1) is 5.92 Å². The summed E-state index contributed by atoms with van der Waals surface area (Å²) in [6.07, 6.45) is 0.627. The fourth-order valence-corrected chi connectivity index (χ4v) is 2.00. The highest BCUT2D eigenvalue weighted by Crippen LogP contribution is 2.11. The number of methoxy groups -OCH3 is 1. The monoisotopic (exact) mass is 265 g/mol. The van der Waals surface area contributed by atoms with Gasteiger partial charge in [-0.25, -0.2) is 0 Å². The van der Waals surface area contributed by atoms with Gasteiger partial charge in [0.1, 0.15) is 6.04 Å². The molecule has 0 bridgehead atoms. The third-order valence-corrected chi connectivity index (χ3v) is 2.96. The van der Waals surface area contributed by atoms with Crippen LogP contribution in [0.1, 0.15) is 31.4 Å². The lowest BCUT2D eigenvalue weighted by atomic mass is 10.0. The van der Waals surface area contributed by atoms with Crippen LogP contribution in [-0.4, -0.2) is 24.2 Å². The highest BCUT2D eigenvalue weighted by atomic mass is 16.5. The molecule has 0 radical (unpaired) electrons. The number of hydrogen-bond donors (Lipinski definition) is 2. The number of benzene rings is 1. The van der Waals surface area contributed by atoms with E-state index in [2.05, 4.69) is 5.32 Å². The number of aliphatic carboxylic acids is 1. The van der Waals surface area contributed by atoms with Crippen LogP contribution in [0.4, 0.5) is 0 Å². The number of rotatable bonds is 8. The minimum absolute atomic E-state index is 0.350. The van der Waals surface area contributed by atoms with E-state index in [-0.39, 0.29) is 0 Å². The lowest BCUT2D eigenvalue weighted by Crippen LogP contribution is -2.37. The zero-order valence-corrected chi connectivity index (χ0v) is 11.8. The maximum absolute atomic E-state index is 11.2. The number of carboxylic acid groups (broad SMARTS) is 1. The zero-order valence-electron chi connectivity index (χ0n) is 11.8. The van der Waals surface area contributed by atoms with E-state index in [1.54, 1.807) is 7.11 Å². The zero-order chi connectivity index (χ0) is 14.3. The van der Waals surface area contributed by atoms with Crippen LogP contribution in [0.25, 0.3) is 0 Å². The smallest absolute Gasteiger partial charge is 0.320 e. The quantitative estimate of drug-likeness (QED) is 0.758. The van der Waals surface area contributed by atoms with Crippen molar-refractivity contribution in [2.75, 3.05) is 7.11 Å². The molecule has 0 aliphatic heterocycles. The van der Waals surface area contributed by atoms with Gasteiger partial charge in [0, 0.05) is 13.7 Å². The lowest BCUT2D eigenvalue weighted by Gasteiger charge is -2.17. The number of carbonyl (C=O) groups is 1. The van der Waals surface area contributed by atoms with Gasteiger partial charge in [0.25, 0.3) is 0 Å². The maximum Gasteiger partial charge on any atom is 0.320 e.